The summed E-state index contributed by atoms with van der Waals surface area (Å²) in [5.41, 5.74) is 4.75. The van der Waals surface area contributed by atoms with Gasteiger partial charge in [-0.1, -0.05) is 11.6 Å². The molecule has 0 saturated heterocycles. The van der Waals surface area contributed by atoms with Crippen LogP contribution in [0.2, 0.25) is 5.02 Å². The van der Waals surface area contributed by atoms with E-state index < -0.39 is 17.9 Å². The average Bonchev–Trinajstić information content (AvgIpc) is 3.09. The predicted octanol–water partition coefficient (Wildman–Crippen LogP) is 2.04. The highest BCUT2D eigenvalue weighted by Gasteiger charge is 2.16. The van der Waals surface area contributed by atoms with Crippen molar-refractivity contribution in [2.45, 2.75) is 13.0 Å². The number of hydrogen-bond donors (Lipinski definition) is 3. The second-order valence-electron chi connectivity index (χ2n) is 4.59. The summed E-state index contributed by atoms with van der Waals surface area (Å²) >= 11 is 10.7. The number of carbonyl (C=O) groups is 2. The molecule has 7 nitrogen and oxygen atoms in total. The van der Waals surface area contributed by atoms with Gasteiger partial charge in [-0.2, -0.15) is 0 Å². The van der Waals surface area contributed by atoms with Crippen LogP contribution >= 0.6 is 23.8 Å². The van der Waals surface area contributed by atoms with Gasteiger partial charge in [0.1, 0.15) is 5.75 Å². The van der Waals surface area contributed by atoms with Crippen LogP contribution in [-0.2, 0) is 4.79 Å². The van der Waals surface area contributed by atoms with Crippen molar-refractivity contribution in [1.29, 1.82) is 0 Å². The summed E-state index contributed by atoms with van der Waals surface area (Å²) < 4.78 is 10.4. The molecule has 0 aliphatic heterocycles. The quantitative estimate of drug-likeness (QED) is 0.565. The molecule has 0 aliphatic rings. The van der Waals surface area contributed by atoms with Gasteiger partial charge in [-0.05, 0) is 55.5 Å². The lowest BCUT2D eigenvalue weighted by atomic mass is 10.3. The van der Waals surface area contributed by atoms with Crippen molar-refractivity contribution in [2.75, 3.05) is 0 Å². The van der Waals surface area contributed by atoms with E-state index >= 15 is 0 Å². The number of benzene rings is 1. The van der Waals surface area contributed by atoms with Crippen LogP contribution in [0.5, 0.6) is 5.75 Å². The van der Waals surface area contributed by atoms with Crippen LogP contribution in [0.15, 0.2) is 47.1 Å². The molecule has 3 N–H and O–H groups in total. The van der Waals surface area contributed by atoms with Gasteiger partial charge in [-0.3, -0.25) is 25.8 Å². The Morgan fingerprint density at radius 2 is 1.92 bits per heavy atom. The fourth-order valence-electron chi connectivity index (χ4n) is 1.59. The number of nitrogens with one attached hydrogen (secondary N) is 3. The Morgan fingerprint density at radius 1 is 1.21 bits per heavy atom. The van der Waals surface area contributed by atoms with E-state index in [2.05, 4.69) is 16.2 Å². The molecule has 2 rings (SSSR count). The van der Waals surface area contributed by atoms with Crippen molar-refractivity contribution in [3.05, 3.63) is 53.4 Å². The molecule has 0 unspecified atom stereocenters. The van der Waals surface area contributed by atoms with Crippen molar-refractivity contribution in [3.8, 4) is 5.75 Å². The highest BCUT2D eigenvalue weighted by Crippen LogP contribution is 2.16. The van der Waals surface area contributed by atoms with E-state index in [4.69, 9.17) is 33.0 Å². The zero-order valence-electron chi connectivity index (χ0n) is 12.5. The van der Waals surface area contributed by atoms with Gasteiger partial charge in [-0.25, -0.2) is 0 Å². The number of carbonyl (C=O) groups excluding carboxylic acids is 2. The molecular weight excluding hydrogens is 354 g/mol. The van der Waals surface area contributed by atoms with Crippen LogP contribution in [0, 0.1) is 0 Å². The molecule has 2 aromatic rings. The van der Waals surface area contributed by atoms with Gasteiger partial charge in [0, 0.05) is 5.02 Å². The number of hydrogen-bond acceptors (Lipinski definition) is 5. The second kappa shape index (κ2) is 8.32. The minimum atomic E-state index is -0.790. The third kappa shape index (κ3) is 5.25. The Balaban J connectivity index is 1.76. The fraction of sp³-hybridized carbons (Fsp3) is 0.133. The Labute approximate surface area is 148 Å². The molecule has 0 spiro atoms. The maximum Gasteiger partial charge on any atom is 0.293 e. The van der Waals surface area contributed by atoms with Gasteiger partial charge >= 0.3 is 0 Å². The van der Waals surface area contributed by atoms with Crippen LogP contribution in [0.3, 0.4) is 0 Å². The van der Waals surface area contributed by atoms with E-state index in [9.17, 15) is 9.59 Å². The Morgan fingerprint density at radius 3 is 2.54 bits per heavy atom. The van der Waals surface area contributed by atoms with Crippen molar-refractivity contribution < 1.29 is 18.7 Å². The molecule has 24 heavy (non-hydrogen) atoms. The topological polar surface area (TPSA) is 92.6 Å². The normalized spacial score (nSPS) is 11.2. The Hall–Kier alpha value is -2.58. The van der Waals surface area contributed by atoms with Crippen molar-refractivity contribution in [3.63, 3.8) is 0 Å². The monoisotopic (exact) mass is 367 g/mol. The summed E-state index contributed by atoms with van der Waals surface area (Å²) in [6.07, 6.45) is 0.574. The van der Waals surface area contributed by atoms with Gasteiger partial charge < -0.3 is 9.15 Å². The molecule has 9 heteroatoms. The number of hydrazine groups is 1. The first kappa shape index (κ1) is 17.8. The fourth-order valence-corrected chi connectivity index (χ4v) is 1.86. The van der Waals surface area contributed by atoms with Gasteiger partial charge in [0.25, 0.3) is 11.8 Å². The van der Waals surface area contributed by atoms with Gasteiger partial charge in [0.05, 0.1) is 6.26 Å². The zero-order valence-corrected chi connectivity index (χ0v) is 14.1. The van der Waals surface area contributed by atoms with Crippen molar-refractivity contribution >= 4 is 40.7 Å². The maximum absolute atomic E-state index is 11.9. The largest absolute Gasteiger partial charge is 0.481 e. The van der Waals surface area contributed by atoms with Gasteiger partial charge in [0.2, 0.25) is 0 Å². The van der Waals surface area contributed by atoms with Crippen LogP contribution < -0.4 is 20.9 Å². The Bertz CT molecular complexity index is 719. The van der Waals surface area contributed by atoms with Crippen molar-refractivity contribution in [2.24, 2.45) is 0 Å². The number of ether oxygens (including phenoxy) is 1. The molecule has 0 fully saturated rings. The third-order valence-corrected chi connectivity index (χ3v) is 3.22. The summed E-state index contributed by atoms with van der Waals surface area (Å²) in [5, 5.41) is 2.84. The molecule has 1 aromatic carbocycles. The number of halogens is 1. The average molecular weight is 368 g/mol. The van der Waals surface area contributed by atoms with Crippen LogP contribution in [0.1, 0.15) is 17.5 Å². The summed E-state index contributed by atoms with van der Waals surface area (Å²) in [5.74, 6) is -0.405. The summed E-state index contributed by atoms with van der Waals surface area (Å²) in [6, 6.07) is 9.65. The molecule has 0 aliphatic carbocycles. The lowest BCUT2D eigenvalue weighted by Gasteiger charge is -2.16. The highest BCUT2D eigenvalue weighted by molar-refractivity contribution is 7.80. The number of thiocarbonyl (C=S) groups is 1. The zero-order chi connectivity index (χ0) is 17.5. The number of furan rings is 1. The SMILES string of the molecule is C[C@@H](Oc1ccc(Cl)cc1)C(=O)NNC(=S)NC(=O)c1ccco1. The third-order valence-electron chi connectivity index (χ3n) is 2.77. The van der Waals surface area contributed by atoms with Gasteiger partial charge in [0.15, 0.2) is 17.0 Å². The lowest BCUT2D eigenvalue weighted by Crippen LogP contribution is -2.51. The smallest absolute Gasteiger partial charge is 0.293 e. The molecule has 1 heterocycles. The summed E-state index contributed by atoms with van der Waals surface area (Å²) in [4.78, 5) is 23.6. The standard InChI is InChI=1S/C15H14ClN3O4S/c1-9(23-11-6-4-10(16)5-7-11)13(20)18-19-15(24)17-14(21)12-3-2-8-22-12/h2-9H,1H3,(H,18,20)(H2,17,19,21,24)/t9-/m1/s1. The first-order chi connectivity index (χ1) is 11.5. The van der Waals surface area contributed by atoms with Gasteiger partial charge in [-0.15, -0.1) is 0 Å². The minimum absolute atomic E-state index is 0.0801. The highest BCUT2D eigenvalue weighted by atomic mass is 35.5. The summed E-state index contributed by atoms with van der Waals surface area (Å²) in [6.45, 7) is 1.57. The Kier molecular flexibility index (Phi) is 6.16. The molecule has 126 valence electrons. The second-order valence-corrected chi connectivity index (χ2v) is 5.43. The molecular formula is C15H14ClN3O4S. The van der Waals surface area contributed by atoms with E-state index in [1.807, 2.05) is 0 Å². The maximum atomic E-state index is 11.9. The molecule has 0 bridgehead atoms. The van der Waals surface area contributed by atoms with E-state index in [0.29, 0.717) is 10.8 Å². The van der Waals surface area contributed by atoms with E-state index in [0.717, 1.165) is 0 Å². The lowest BCUT2D eigenvalue weighted by molar-refractivity contribution is -0.127. The molecule has 2 amide bonds. The molecule has 0 radical (unpaired) electrons. The van der Waals surface area contributed by atoms with E-state index in [1.165, 1.54) is 12.3 Å². The van der Waals surface area contributed by atoms with Crippen LogP contribution in [0.25, 0.3) is 0 Å². The van der Waals surface area contributed by atoms with Crippen LogP contribution in [0.4, 0.5) is 0 Å². The molecule has 1 atom stereocenters. The number of rotatable bonds is 4. The van der Waals surface area contributed by atoms with Crippen molar-refractivity contribution in [1.82, 2.24) is 16.2 Å². The number of amides is 2. The predicted molar refractivity (Wildman–Crippen MR) is 91.6 cm³/mol. The minimum Gasteiger partial charge on any atom is -0.481 e. The first-order valence-electron chi connectivity index (χ1n) is 6.82. The first-order valence-corrected chi connectivity index (χ1v) is 7.61. The molecule has 0 saturated carbocycles. The summed E-state index contributed by atoms with van der Waals surface area (Å²) in [7, 11) is 0. The van der Waals surface area contributed by atoms with E-state index in [-0.39, 0.29) is 10.9 Å². The molecule has 1 aromatic heterocycles. The van der Waals surface area contributed by atoms with Crippen LogP contribution in [-0.4, -0.2) is 23.0 Å². The van der Waals surface area contributed by atoms with E-state index in [1.54, 1.807) is 37.3 Å².